The summed E-state index contributed by atoms with van der Waals surface area (Å²) >= 11 is 0. The smallest absolute Gasteiger partial charge is 0.268 e. The van der Waals surface area contributed by atoms with E-state index in [0.29, 0.717) is 17.1 Å². The lowest BCUT2D eigenvalue weighted by atomic mass is 10.0. The Morgan fingerprint density at radius 2 is 1.76 bits per heavy atom. The molecule has 0 aliphatic carbocycles. The van der Waals surface area contributed by atoms with E-state index in [1.807, 2.05) is 0 Å². The molecular weight excluding hydrogens is 401 g/mol. The Labute approximate surface area is 166 Å². The molecule has 1 fully saturated rings. The number of hydrogen-bond donors (Lipinski definition) is 2. The third-order valence-electron chi connectivity index (χ3n) is 4.83. The fourth-order valence-electron chi connectivity index (χ4n) is 3.20. The van der Waals surface area contributed by atoms with Crippen molar-refractivity contribution in [1.29, 1.82) is 0 Å². The molecule has 2 amide bonds. The number of amides is 2. The van der Waals surface area contributed by atoms with Crippen LogP contribution in [0.1, 0.15) is 12.0 Å². The van der Waals surface area contributed by atoms with Crippen LogP contribution < -0.4 is 15.5 Å². The van der Waals surface area contributed by atoms with Crippen molar-refractivity contribution in [1.82, 2.24) is 5.32 Å². The summed E-state index contributed by atoms with van der Waals surface area (Å²) in [5, 5.41) is 13.7. The van der Waals surface area contributed by atoms with E-state index in [2.05, 4.69) is 5.32 Å². The summed E-state index contributed by atoms with van der Waals surface area (Å²) in [5.74, 6) is -3.30. The molecule has 1 aliphatic heterocycles. The molecule has 6 nitrogen and oxygen atoms in total. The first-order valence-electron chi connectivity index (χ1n) is 8.94. The second kappa shape index (κ2) is 7.69. The summed E-state index contributed by atoms with van der Waals surface area (Å²) in [6.07, 6.45) is -0.128. The van der Waals surface area contributed by atoms with Crippen molar-refractivity contribution < 1.29 is 28.0 Å². The molecule has 0 bridgehead atoms. The van der Waals surface area contributed by atoms with E-state index in [9.17, 15) is 28.0 Å². The van der Waals surface area contributed by atoms with Crippen LogP contribution in [-0.4, -0.2) is 42.4 Å². The quantitative estimate of drug-likeness (QED) is 0.570. The molecule has 0 spiro atoms. The average molecular weight is 422 g/mol. The molecule has 9 heteroatoms. The monoisotopic (exact) mass is 422 g/mol. The molecule has 1 aliphatic rings. The van der Waals surface area contributed by atoms with Gasteiger partial charge >= 0.3 is 0 Å². The zero-order valence-corrected chi connectivity index (χ0v) is 16.9. The van der Waals surface area contributed by atoms with Crippen LogP contribution in [0.3, 0.4) is 0 Å². The number of benzene rings is 2. The minimum atomic E-state index is -2.44. The van der Waals surface area contributed by atoms with E-state index >= 15 is 0 Å². The highest BCUT2D eigenvalue weighted by Gasteiger charge is 2.51. The van der Waals surface area contributed by atoms with Gasteiger partial charge in [-0.05, 0) is 55.3 Å². The maximum absolute atomic E-state index is 13.3. The largest absolute Gasteiger partial charge is 0.372 e. The number of halogens is 2. The van der Waals surface area contributed by atoms with Crippen molar-refractivity contribution >= 4 is 29.9 Å². The van der Waals surface area contributed by atoms with E-state index in [1.165, 1.54) is 4.90 Å². The number of nitrogens with zero attached hydrogens (tertiary/aromatic N) is 1. The first-order chi connectivity index (χ1) is 13.5. The van der Waals surface area contributed by atoms with Crippen molar-refractivity contribution in [2.24, 2.45) is 0 Å². The Balaban J connectivity index is 1.71. The van der Waals surface area contributed by atoms with Crippen molar-refractivity contribution in [3.8, 4) is 0 Å². The van der Waals surface area contributed by atoms with Crippen LogP contribution in [0.4, 0.5) is 14.5 Å². The third kappa shape index (κ3) is 4.38. The van der Waals surface area contributed by atoms with Gasteiger partial charge in [0.25, 0.3) is 11.8 Å². The first kappa shape index (κ1) is 21.1. The number of aliphatic hydroxyl groups is 1. The van der Waals surface area contributed by atoms with Crippen LogP contribution in [-0.2, 0) is 20.7 Å². The normalized spacial score (nSPS) is 19.5. The molecule has 2 aromatic carbocycles. The second-order valence-electron chi connectivity index (χ2n) is 7.39. The number of rotatable bonds is 5. The molecule has 0 saturated carbocycles. The van der Waals surface area contributed by atoms with Gasteiger partial charge in [-0.15, -0.1) is 0 Å². The van der Waals surface area contributed by atoms with Gasteiger partial charge in [-0.25, -0.2) is 8.78 Å². The predicted octanol–water partition coefficient (Wildman–Crippen LogP) is 2.00. The Hall–Kier alpha value is -2.57. The molecule has 1 unspecified atom stereocenters. The second-order valence-corrected chi connectivity index (χ2v) is 10.6. The number of nitrogens with one attached hydrogen (secondary N) is 1. The Kier molecular flexibility index (Phi) is 5.61. The van der Waals surface area contributed by atoms with E-state index in [1.54, 1.807) is 37.6 Å². The van der Waals surface area contributed by atoms with Crippen molar-refractivity contribution in [2.75, 3.05) is 24.8 Å². The van der Waals surface area contributed by atoms with E-state index in [-0.39, 0.29) is 25.1 Å². The summed E-state index contributed by atoms with van der Waals surface area (Å²) in [7, 11) is -2.44. The topological polar surface area (TPSA) is 86.7 Å². The molecular formula is C20H21F2N2O4P. The van der Waals surface area contributed by atoms with Gasteiger partial charge in [0.05, 0.1) is 0 Å². The minimum absolute atomic E-state index is 0.118. The number of anilines is 1. The standard InChI is InChI=1S/C20H21F2N2O4P/c1-29(2,28)17-5-3-16(4-6-17)24-8-7-20(27,19(24)26)18(25)23-12-13-9-14(21)11-15(22)10-13/h3-6,9-11,27H,7-8,12H2,1-2H3,(H,23,25). The molecule has 29 heavy (non-hydrogen) atoms. The lowest BCUT2D eigenvalue weighted by molar-refractivity contribution is -0.149. The molecule has 0 radical (unpaired) electrons. The third-order valence-corrected chi connectivity index (χ3v) is 6.37. The molecule has 1 heterocycles. The van der Waals surface area contributed by atoms with Crippen LogP contribution in [0, 0.1) is 11.6 Å². The van der Waals surface area contributed by atoms with Crippen LogP contribution in [0.15, 0.2) is 42.5 Å². The molecule has 3 rings (SSSR count). The first-order valence-corrected chi connectivity index (χ1v) is 11.5. The van der Waals surface area contributed by atoms with Gasteiger partial charge in [0.2, 0.25) is 5.60 Å². The summed E-state index contributed by atoms with van der Waals surface area (Å²) in [5.41, 5.74) is -1.63. The summed E-state index contributed by atoms with van der Waals surface area (Å²) in [6, 6.07) is 9.35. The fourth-order valence-corrected chi connectivity index (χ4v) is 4.06. The molecule has 2 N–H and O–H groups in total. The minimum Gasteiger partial charge on any atom is -0.372 e. The van der Waals surface area contributed by atoms with Gasteiger partial charge in [0.15, 0.2) is 0 Å². The van der Waals surface area contributed by atoms with Gasteiger partial charge < -0.3 is 19.9 Å². The lowest BCUT2D eigenvalue weighted by Gasteiger charge is -2.22. The van der Waals surface area contributed by atoms with E-state index in [0.717, 1.165) is 12.1 Å². The molecule has 1 atom stereocenters. The van der Waals surface area contributed by atoms with Crippen LogP contribution in [0.5, 0.6) is 0 Å². The Bertz CT molecular complexity index is 986. The lowest BCUT2D eigenvalue weighted by Crippen LogP contribution is -2.52. The van der Waals surface area contributed by atoms with Crippen LogP contribution >= 0.6 is 7.14 Å². The number of hydrogen-bond acceptors (Lipinski definition) is 4. The summed E-state index contributed by atoms with van der Waals surface area (Å²) in [6.45, 7) is 3.15. The Morgan fingerprint density at radius 3 is 2.31 bits per heavy atom. The molecule has 1 saturated heterocycles. The highest BCUT2D eigenvalue weighted by atomic mass is 31.2. The number of carbonyl (C=O) groups excluding carboxylic acids is 2. The van der Waals surface area contributed by atoms with Gasteiger partial charge in [-0.2, -0.15) is 0 Å². The van der Waals surface area contributed by atoms with Gasteiger partial charge in [0.1, 0.15) is 18.8 Å². The Morgan fingerprint density at radius 1 is 1.17 bits per heavy atom. The fraction of sp³-hybridized carbons (Fsp3) is 0.300. The van der Waals surface area contributed by atoms with Crippen molar-refractivity contribution in [2.45, 2.75) is 18.6 Å². The van der Waals surface area contributed by atoms with Gasteiger partial charge in [0, 0.05) is 36.6 Å². The van der Waals surface area contributed by atoms with Gasteiger partial charge in [-0.3, -0.25) is 9.59 Å². The van der Waals surface area contributed by atoms with Gasteiger partial charge in [-0.1, -0.05) is 0 Å². The van der Waals surface area contributed by atoms with Crippen LogP contribution in [0.2, 0.25) is 0 Å². The van der Waals surface area contributed by atoms with Crippen molar-refractivity contribution in [3.63, 3.8) is 0 Å². The van der Waals surface area contributed by atoms with Crippen molar-refractivity contribution in [3.05, 3.63) is 59.7 Å². The molecule has 154 valence electrons. The maximum atomic E-state index is 13.3. The van der Waals surface area contributed by atoms with Crippen LogP contribution in [0.25, 0.3) is 0 Å². The molecule has 0 aromatic heterocycles. The van der Waals surface area contributed by atoms with E-state index < -0.39 is 36.2 Å². The summed E-state index contributed by atoms with van der Waals surface area (Å²) < 4.78 is 38.6. The molecule has 2 aromatic rings. The average Bonchev–Trinajstić information content (AvgIpc) is 2.94. The SMILES string of the molecule is CP(C)(=O)c1ccc(N2CCC(O)(C(=O)NCc3cc(F)cc(F)c3)C2=O)cc1. The highest BCUT2D eigenvalue weighted by molar-refractivity contribution is 7.70. The zero-order chi connectivity index (χ0) is 21.4. The summed E-state index contributed by atoms with van der Waals surface area (Å²) in [4.78, 5) is 26.4. The maximum Gasteiger partial charge on any atom is 0.268 e. The zero-order valence-electron chi connectivity index (χ0n) is 16.0. The highest BCUT2D eigenvalue weighted by Crippen LogP contribution is 2.35. The van der Waals surface area contributed by atoms with E-state index in [4.69, 9.17) is 0 Å². The predicted molar refractivity (Wildman–Crippen MR) is 106 cm³/mol. The number of carbonyl (C=O) groups is 2.